The Labute approximate surface area is 216 Å². The molecule has 1 aliphatic heterocycles. The molecule has 0 aromatic heterocycles. The second kappa shape index (κ2) is 10.8. The average molecular weight is 478 g/mol. The van der Waals surface area contributed by atoms with E-state index in [4.69, 9.17) is 19.3 Å². The maximum atomic E-state index is 6.27. The summed E-state index contributed by atoms with van der Waals surface area (Å²) in [5.74, 6) is 0.678. The van der Waals surface area contributed by atoms with Crippen molar-refractivity contribution in [2.75, 3.05) is 0 Å². The highest BCUT2D eigenvalue weighted by Crippen LogP contribution is 2.36. The molecule has 4 rings (SSSR count). The fraction of sp³-hybridized carbons (Fsp3) is 0.290. The summed E-state index contributed by atoms with van der Waals surface area (Å²) in [6, 6.07) is 28.6. The molecule has 0 radical (unpaired) electrons. The SMILES string of the molecule is CC/C=C(/N=C(N=C(C)c1cccc(B2OC(C)(C)C(C)(C)O2)c1)c1ccccc1)c1ccccc1. The molecule has 3 aromatic carbocycles. The summed E-state index contributed by atoms with van der Waals surface area (Å²) in [7, 11) is -0.415. The number of aliphatic imine (C=N–C) groups is 2. The number of allylic oxidation sites excluding steroid dienone is 1. The Hall–Kier alpha value is -3.28. The van der Waals surface area contributed by atoms with Crippen molar-refractivity contribution in [2.24, 2.45) is 9.98 Å². The van der Waals surface area contributed by atoms with Gasteiger partial charge in [-0.1, -0.05) is 97.9 Å². The smallest absolute Gasteiger partial charge is 0.399 e. The summed E-state index contributed by atoms with van der Waals surface area (Å²) in [4.78, 5) is 10.1. The summed E-state index contributed by atoms with van der Waals surface area (Å²) >= 11 is 0. The van der Waals surface area contributed by atoms with Crippen LogP contribution < -0.4 is 5.46 Å². The minimum atomic E-state index is -0.415. The third kappa shape index (κ3) is 5.75. The van der Waals surface area contributed by atoms with Crippen molar-refractivity contribution in [3.8, 4) is 0 Å². The number of nitrogens with zero attached hydrogens (tertiary/aromatic N) is 2. The molecule has 0 unspecified atom stereocenters. The lowest BCUT2D eigenvalue weighted by Gasteiger charge is -2.32. The van der Waals surface area contributed by atoms with E-state index in [1.54, 1.807) is 0 Å². The van der Waals surface area contributed by atoms with Crippen LogP contribution in [-0.4, -0.2) is 29.9 Å². The van der Waals surface area contributed by atoms with E-state index in [0.29, 0.717) is 5.84 Å². The Bertz CT molecular complexity index is 1260. The molecule has 0 atom stereocenters. The first-order valence-electron chi connectivity index (χ1n) is 12.6. The molecule has 5 heteroatoms. The number of hydrogen-bond donors (Lipinski definition) is 0. The van der Waals surface area contributed by atoms with Crippen molar-refractivity contribution in [1.29, 1.82) is 0 Å². The van der Waals surface area contributed by atoms with Crippen molar-refractivity contribution >= 4 is 29.8 Å². The molecule has 184 valence electrons. The van der Waals surface area contributed by atoms with Gasteiger partial charge in [0.25, 0.3) is 0 Å². The Morgan fingerprint density at radius 3 is 1.89 bits per heavy atom. The van der Waals surface area contributed by atoms with Crippen LogP contribution in [0.3, 0.4) is 0 Å². The average Bonchev–Trinajstić information content (AvgIpc) is 3.11. The lowest BCUT2D eigenvalue weighted by Crippen LogP contribution is -2.41. The lowest BCUT2D eigenvalue weighted by molar-refractivity contribution is 0.00578. The molecule has 0 spiro atoms. The fourth-order valence-corrected chi connectivity index (χ4v) is 4.00. The molecule has 1 fully saturated rings. The van der Waals surface area contributed by atoms with Gasteiger partial charge < -0.3 is 9.31 Å². The van der Waals surface area contributed by atoms with E-state index < -0.39 is 7.12 Å². The molecule has 0 saturated carbocycles. The van der Waals surface area contributed by atoms with Gasteiger partial charge in [0.05, 0.1) is 16.9 Å². The third-order valence-electron chi connectivity index (χ3n) is 6.83. The maximum absolute atomic E-state index is 6.27. The van der Waals surface area contributed by atoms with E-state index in [1.807, 2.05) is 67.6 Å². The zero-order chi connectivity index (χ0) is 25.8. The second-order valence-corrected chi connectivity index (χ2v) is 10.1. The molecule has 4 nitrogen and oxygen atoms in total. The molecule has 3 aromatic rings. The first kappa shape index (κ1) is 25.8. The molecule has 0 bridgehead atoms. The molecule has 1 aliphatic rings. The Morgan fingerprint density at radius 1 is 0.750 bits per heavy atom. The van der Waals surface area contributed by atoms with Crippen LogP contribution in [0.25, 0.3) is 5.70 Å². The van der Waals surface area contributed by atoms with Crippen molar-refractivity contribution in [3.63, 3.8) is 0 Å². The highest BCUT2D eigenvalue weighted by Gasteiger charge is 2.51. The molecular formula is C31H35BN2O2. The quantitative estimate of drug-likeness (QED) is 0.225. The highest BCUT2D eigenvalue weighted by atomic mass is 16.7. The van der Waals surface area contributed by atoms with Crippen molar-refractivity contribution in [3.05, 3.63) is 108 Å². The van der Waals surface area contributed by atoms with E-state index >= 15 is 0 Å². The predicted molar refractivity (Wildman–Crippen MR) is 152 cm³/mol. The number of amidine groups is 1. The minimum absolute atomic E-state index is 0.386. The van der Waals surface area contributed by atoms with Gasteiger partial charge in [-0.05, 0) is 57.6 Å². The molecular weight excluding hydrogens is 443 g/mol. The first-order valence-corrected chi connectivity index (χ1v) is 12.6. The Morgan fingerprint density at radius 2 is 1.31 bits per heavy atom. The molecule has 0 N–H and O–H groups in total. The van der Waals surface area contributed by atoms with Crippen LogP contribution in [0.1, 0.15) is 64.7 Å². The second-order valence-electron chi connectivity index (χ2n) is 10.1. The van der Waals surface area contributed by atoms with Crippen molar-refractivity contribution < 1.29 is 9.31 Å². The summed E-state index contributed by atoms with van der Waals surface area (Å²) in [5.41, 5.74) is 5.05. The van der Waals surface area contributed by atoms with Crippen LogP contribution in [0.15, 0.2) is 101 Å². The van der Waals surface area contributed by atoms with Crippen molar-refractivity contribution in [1.82, 2.24) is 0 Å². The van der Waals surface area contributed by atoms with Gasteiger partial charge >= 0.3 is 7.12 Å². The summed E-state index contributed by atoms with van der Waals surface area (Å²) < 4.78 is 12.5. The number of hydrogen-bond acceptors (Lipinski definition) is 3. The van der Waals surface area contributed by atoms with Gasteiger partial charge in [0.15, 0.2) is 5.84 Å². The largest absolute Gasteiger partial charge is 0.494 e. The predicted octanol–water partition coefficient (Wildman–Crippen LogP) is 6.69. The van der Waals surface area contributed by atoms with Crippen LogP contribution in [0.2, 0.25) is 0 Å². The zero-order valence-electron chi connectivity index (χ0n) is 22.2. The van der Waals surface area contributed by atoms with Gasteiger partial charge in [0, 0.05) is 11.3 Å². The van der Waals surface area contributed by atoms with Gasteiger partial charge in [-0.2, -0.15) is 0 Å². The monoisotopic (exact) mass is 478 g/mol. The summed E-state index contributed by atoms with van der Waals surface area (Å²) in [6.45, 7) is 12.4. The minimum Gasteiger partial charge on any atom is -0.399 e. The molecule has 1 saturated heterocycles. The maximum Gasteiger partial charge on any atom is 0.494 e. The highest BCUT2D eigenvalue weighted by molar-refractivity contribution is 6.62. The topological polar surface area (TPSA) is 43.2 Å². The Balaban J connectivity index is 1.72. The van der Waals surface area contributed by atoms with E-state index in [0.717, 1.165) is 40.0 Å². The molecule has 0 aliphatic carbocycles. The third-order valence-corrected chi connectivity index (χ3v) is 6.83. The first-order chi connectivity index (χ1) is 17.2. The van der Waals surface area contributed by atoms with Gasteiger partial charge in [0.1, 0.15) is 0 Å². The zero-order valence-corrected chi connectivity index (χ0v) is 22.2. The van der Waals surface area contributed by atoms with Crippen LogP contribution >= 0.6 is 0 Å². The fourth-order valence-electron chi connectivity index (χ4n) is 4.00. The van der Waals surface area contributed by atoms with E-state index in [9.17, 15) is 0 Å². The Kier molecular flexibility index (Phi) is 7.72. The van der Waals surface area contributed by atoms with E-state index in [-0.39, 0.29) is 11.2 Å². The molecule has 36 heavy (non-hydrogen) atoms. The summed E-state index contributed by atoms with van der Waals surface area (Å²) in [5, 5.41) is 0. The van der Waals surface area contributed by atoms with E-state index in [1.165, 1.54) is 0 Å². The van der Waals surface area contributed by atoms with Crippen LogP contribution in [0.5, 0.6) is 0 Å². The van der Waals surface area contributed by atoms with E-state index in [2.05, 4.69) is 65.0 Å². The van der Waals surface area contributed by atoms with Gasteiger partial charge in [-0.15, -0.1) is 0 Å². The lowest BCUT2D eigenvalue weighted by atomic mass is 9.78. The van der Waals surface area contributed by atoms with Gasteiger partial charge in [-0.25, -0.2) is 9.98 Å². The molecule has 0 amide bonds. The summed E-state index contributed by atoms with van der Waals surface area (Å²) in [6.07, 6.45) is 3.02. The van der Waals surface area contributed by atoms with Crippen molar-refractivity contribution in [2.45, 2.75) is 59.2 Å². The van der Waals surface area contributed by atoms with Crippen LogP contribution in [-0.2, 0) is 9.31 Å². The molecule has 1 heterocycles. The van der Waals surface area contributed by atoms with Crippen LogP contribution in [0.4, 0.5) is 0 Å². The van der Waals surface area contributed by atoms with Gasteiger partial charge in [0.2, 0.25) is 0 Å². The standard InChI is InChI=1S/C31H35BN2O2/c1-7-15-28(24-16-10-8-11-17-24)34-29(25-18-12-9-13-19-25)33-23(2)26-20-14-21-27(22-26)32-35-30(3,4)31(5,6)36-32/h8-22H,7H2,1-6H3/b28-15+,33-23?,34-29?. The number of benzene rings is 3. The number of rotatable bonds is 6. The van der Waals surface area contributed by atoms with Gasteiger partial charge in [-0.3, -0.25) is 0 Å². The van der Waals surface area contributed by atoms with Crippen LogP contribution in [0, 0.1) is 0 Å². The normalized spacial score (nSPS) is 17.9.